The van der Waals surface area contributed by atoms with Crippen LogP contribution in [0.5, 0.6) is 0 Å². The maximum Gasteiger partial charge on any atom is -0.0286 e. The second kappa shape index (κ2) is 10.6. The topological polar surface area (TPSA) is 0 Å². The predicted octanol–water partition coefficient (Wildman–Crippen LogP) is 4.69. The van der Waals surface area contributed by atoms with E-state index >= 15 is 0 Å². The van der Waals surface area contributed by atoms with Gasteiger partial charge in [0.1, 0.15) is 0 Å². The molecule has 0 atom stereocenters. The van der Waals surface area contributed by atoms with Crippen molar-refractivity contribution in [3.8, 4) is 0 Å². The summed E-state index contributed by atoms with van der Waals surface area (Å²) in [6.07, 6.45) is 9.29. The van der Waals surface area contributed by atoms with Gasteiger partial charge in [0, 0.05) is 0 Å². The molecule has 0 aliphatic carbocycles. The highest BCUT2D eigenvalue weighted by molar-refractivity contribution is 7.64. The molecular weight excluding hydrogens is 268 g/mol. The van der Waals surface area contributed by atoms with E-state index in [4.69, 9.17) is 0 Å². The van der Waals surface area contributed by atoms with Gasteiger partial charge in [-0.05, 0) is 77.0 Å². The summed E-state index contributed by atoms with van der Waals surface area (Å²) in [4.78, 5) is 0. The van der Waals surface area contributed by atoms with Crippen LogP contribution in [0.25, 0.3) is 0 Å². The molecule has 0 aromatic carbocycles. The third kappa shape index (κ3) is 12.2. The second-order valence-corrected chi connectivity index (χ2v) is 15.8. The van der Waals surface area contributed by atoms with E-state index in [0.717, 1.165) is 0 Å². The normalized spacial score (nSPS) is 12.4. The monoisotopic (exact) mass is 298 g/mol. The molecule has 0 saturated carbocycles. The fourth-order valence-electron chi connectivity index (χ4n) is 1.36. The quantitative estimate of drug-likeness (QED) is 0.542. The molecule has 0 aromatic heterocycles. The molecule has 0 aliphatic rings. The number of hydrogen-bond acceptors (Lipinski definition) is 0. The van der Waals surface area contributed by atoms with Gasteiger partial charge in [0.05, 0.1) is 0 Å². The summed E-state index contributed by atoms with van der Waals surface area (Å²) in [5.41, 5.74) is 0. The highest BCUT2D eigenvalue weighted by atomic mass is 31.1. The SMILES string of the molecule is CP(C)CCP(CCP(C)C)CCP(C)C. The first-order valence-electron chi connectivity index (χ1n) is 6.08. The van der Waals surface area contributed by atoms with Crippen molar-refractivity contribution in [1.29, 1.82) is 0 Å². The molecule has 0 heterocycles. The first-order valence-corrected chi connectivity index (χ1v) is 15.2. The van der Waals surface area contributed by atoms with Gasteiger partial charge in [0.2, 0.25) is 0 Å². The zero-order valence-corrected chi connectivity index (χ0v) is 15.6. The Hall–Kier alpha value is 1.72. The van der Waals surface area contributed by atoms with Gasteiger partial charge in [0.15, 0.2) is 0 Å². The number of hydrogen-bond donors (Lipinski definition) is 0. The van der Waals surface area contributed by atoms with E-state index in [1.54, 1.807) is 18.5 Å². The van der Waals surface area contributed by atoms with Crippen molar-refractivity contribution in [2.75, 3.05) is 77.0 Å². The summed E-state index contributed by atoms with van der Waals surface area (Å²) in [5.74, 6) is 0. The molecule has 0 radical (unpaired) electrons. The Balaban J connectivity index is 3.85. The first-order chi connectivity index (χ1) is 7.41. The zero-order valence-electron chi connectivity index (χ0n) is 12.0. The fourth-order valence-corrected chi connectivity index (χ4v) is 10.2. The summed E-state index contributed by atoms with van der Waals surface area (Å²) in [6, 6.07) is 0. The van der Waals surface area contributed by atoms with E-state index in [0.29, 0.717) is 31.7 Å². The lowest BCUT2D eigenvalue weighted by Gasteiger charge is -2.21. The molecule has 0 bridgehead atoms. The average molecular weight is 298 g/mol. The van der Waals surface area contributed by atoms with E-state index in [1.807, 2.05) is 0 Å². The Labute approximate surface area is 109 Å². The second-order valence-electron chi connectivity index (χ2n) is 5.25. The van der Waals surface area contributed by atoms with Crippen molar-refractivity contribution in [1.82, 2.24) is 0 Å². The largest absolute Gasteiger partial charge is 0.113 e. The maximum absolute atomic E-state index is 2.43. The molecule has 0 unspecified atom stereocenters. The molecule has 0 aromatic rings. The molecule has 0 saturated heterocycles. The van der Waals surface area contributed by atoms with Crippen LogP contribution in [0, 0.1) is 0 Å². The summed E-state index contributed by atoms with van der Waals surface area (Å²) in [7, 11) is 1.42. The van der Waals surface area contributed by atoms with Crippen LogP contribution < -0.4 is 0 Å². The van der Waals surface area contributed by atoms with Crippen LogP contribution in [0.15, 0.2) is 0 Å². The van der Waals surface area contributed by atoms with E-state index in [9.17, 15) is 0 Å². The number of rotatable bonds is 9. The average Bonchev–Trinajstić information content (AvgIpc) is 2.15. The molecule has 0 N–H and O–H groups in total. The van der Waals surface area contributed by atoms with Gasteiger partial charge in [0.25, 0.3) is 0 Å². The molecule has 0 spiro atoms. The minimum atomic E-state index is 0.342. The predicted molar refractivity (Wildman–Crippen MR) is 92.4 cm³/mol. The minimum absolute atomic E-state index is 0.342. The van der Waals surface area contributed by atoms with Crippen LogP contribution in [0.2, 0.25) is 0 Å². The van der Waals surface area contributed by atoms with Gasteiger partial charge in [-0.15, -0.1) is 31.7 Å². The third-order valence-electron chi connectivity index (χ3n) is 2.59. The van der Waals surface area contributed by atoms with Crippen molar-refractivity contribution < 1.29 is 0 Å². The molecule has 98 valence electrons. The van der Waals surface area contributed by atoms with Crippen LogP contribution in [-0.4, -0.2) is 77.0 Å². The van der Waals surface area contributed by atoms with Gasteiger partial charge < -0.3 is 0 Å². The molecular formula is C12H30P4. The Kier molecular flexibility index (Phi) is 11.8. The Morgan fingerprint density at radius 1 is 0.438 bits per heavy atom. The molecule has 0 aliphatic heterocycles. The highest BCUT2D eigenvalue weighted by Crippen LogP contribution is 2.44. The third-order valence-corrected chi connectivity index (χ3v) is 9.57. The molecule has 0 amide bonds. The van der Waals surface area contributed by atoms with Crippen molar-refractivity contribution in [3.05, 3.63) is 0 Å². The Bertz CT molecular complexity index is 129. The fraction of sp³-hybridized carbons (Fsp3) is 1.00. The van der Waals surface area contributed by atoms with E-state index in [2.05, 4.69) is 40.0 Å². The molecule has 0 nitrogen and oxygen atoms in total. The molecule has 0 rings (SSSR count). The Morgan fingerprint density at radius 2 is 0.688 bits per heavy atom. The minimum Gasteiger partial charge on any atom is -0.113 e. The smallest absolute Gasteiger partial charge is 0.0286 e. The van der Waals surface area contributed by atoms with E-state index in [-0.39, 0.29) is 0 Å². The molecule has 16 heavy (non-hydrogen) atoms. The van der Waals surface area contributed by atoms with Crippen molar-refractivity contribution in [2.24, 2.45) is 0 Å². The summed E-state index contributed by atoms with van der Waals surface area (Å²) in [5, 5.41) is 0. The first kappa shape index (κ1) is 17.7. The van der Waals surface area contributed by atoms with Crippen molar-refractivity contribution >= 4 is 31.7 Å². The van der Waals surface area contributed by atoms with Crippen LogP contribution in [-0.2, 0) is 0 Å². The zero-order chi connectivity index (χ0) is 12.6. The summed E-state index contributed by atoms with van der Waals surface area (Å²) >= 11 is 0. The lowest BCUT2D eigenvalue weighted by atomic mass is 10.9. The summed E-state index contributed by atoms with van der Waals surface area (Å²) in [6.45, 7) is 14.6. The van der Waals surface area contributed by atoms with Crippen LogP contribution >= 0.6 is 31.7 Å². The maximum atomic E-state index is 2.43. The van der Waals surface area contributed by atoms with Gasteiger partial charge in [-0.3, -0.25) is 0 Å². The van der Waals surface area contributed by atoms with Crippen LogP contribution in [0.1, 0.15) is 0 Å². The standard InChI is InChI=1S/C12H30P4/c1-13(2)7-10-16(11-8-14(3)4)12-9-15(5)6/h7-12H2,1-6H3. The summed E-state index contributed by atoms with van der Waals surface area (Å²) < 4.78 is 0. The van der Waals surface area contributed by atoms with Crippen molar-refractivity contribution in [2.45, 2.75) is 0 Å². The van der Waals surface area contributed by atoms with Crippen molar-refractivity contribution in [3.63, 3.8) is 0 Å². The van der Waals surface area contributed by atoms with Gasteiger partial charge >= 0.3 is 0 Å². The van der Waals surface area contributed by atoms with Gasteiger partial charge in [-0.1, -0.05) is 0 Å². The highest BCUT2D eigenvalue weighted by Gasteiger charge is 2.10. The van der Waals surface area contributed by atoms with Crippen LogP contribution in [0.3, 0.4) is 0 Å². The molecule has 0 fully saturated rings. The molecule has 4 heteroatoms. The van der Waals surface area contributed by atoms with Gasteiger partial charge in [-0.25, -0.2) is 0 Å². The lowest BCUT2D eigenvalue weighted by Crippen LogP contribution is -2.03. The van der Waals surface area contributed by atoms with Crippen LogP contribution in [0.4, 0.5) is 0 Å². The lowest BCUT2D eigenvalue weighted by molar-refractivity contribution is 1.35. The van der Waals surface area contributed by atoms with Gasteiger partial charge in [-0.2, -0.15) is 0 Å². The van der Waals surface area contributed by atoms with E-state index in [1.165, 1.54) is 18.5 Å². The Morgan fingerprint density at radius 3 is 0.875 bits per heavy atom. The van der Waals surface area contributed by atoms with E-state index < -0.39 is 0 Å².